The molecule has 1 fully saturated rings. The molecule has 0 saturated carbocycles. The Balaban J connectivity index is 1.89. The number of carbonyl (C=O) groups is 1. The number of rotatable bonds is 4. The molecule has 1 unspecified atom stereocenters. The highest BCUT2D eigenvalue weighted by atomic mass is 35.5. The summed E-state index contributed by atoms with van der Waals surface area (Å²) in [6, 6.07) is 5.49. The van der Waals surface area contributed by atoms with E-state index >= 15 is 0 Å². The normalized spacial score (nSPS) is 19.3. The molecule has 4 nitrogen and oxygen atoms in total. The number of nitrogens with one attached hydrogen (secondary N) is 2. The minimum absolute atomic E-state index is 0.0705. The van der Waals surface area contributed by atoms with Crippen molar-refractivity contribution in [1.82, 2.24) is 10.2 Å². The zero-order chi connectivity index (χ0) is 15.2. The van der Waals surface area contributed by atoms with Crippen molar-refractivity contribution in [2.24, 2.45) is 0 Å². The van der Waals surface area contributed by atoms with E-state index in [2.05, 4.69) is 15.5 Å². The van der Waals surface area contributed by atoms with Crippen molar-refractivity contribution >= 4 is 34.8 Å². The molecule has 1 amide bonds. The van der Waals surface area contributed by atoms with Crippen LogP contribution in [0.4, 0.5) is 5.69 Å². The molecule has 1 saturated heterocycles. The van der Waals surface area contributed by atoms with E-state index in [0.29, 0.717) is 28.3 Å². The van der Waals surface area contributed by atoms with Gasteiger partial charge in [0, 0.05) is 11.1 Å². The van der Waals surface area contributed by atoms with Crippen LogP contribution in [0.3, 0.4) is 0 Å². The van der Waals surface area contributed by atoms with Gasteiger partial charge in [0.05, 0.1) is 17.3 Å². The van der Waals surface area contributed by atoms with Gasteiger partial charge in [0.1, 0.15) is 0 Å². The molecule has 1 aromatic rings. The van der Waals surface area contributed by atoms with Gasteiger partial charge in [0.2, 0.25) is 5.91 Å². The number of amides is 1. The second-order valence-corrected chi connectivity index (χ2v) is 6.27. The molecule has 1 aliphatic rings. The van der Waals surface area contributed by atoms with E-state index in [1.165, 1.54) is 0 Å². The third-order valence-electron chi connectivity index (χ3n) is 3.76. The molecule has 0 spiro atoms. The van der Waals surface area contributed by atoms with Gasteiger partial charge in [0.25, 0.3) is 0 Å². The summed E-state index contributed by atoms with van der Waals surface area (Å²) in [6.07, 6.45) is 3.34. The van der Waals surface area contributed by atoms with Crippen LogP contribution in [0.15, 0.2) is 18.2 Å². The van der Waals surface area contributed by atoms with Gasteiger partial charge in [-0.15, -0.1) is 0 Å². The number of likely N-dealkylation sites (N-methyl/N-ethyl adjacent to an activating group) is 1. The van der Waals surface area contributed by atoms with Crippen LogP contribution in [-0.4, -0.2) is 43.5 Å². The van der Waals surface area contributed by atoms with E-state index in [4.69, 9.17) is 23.2 Å². The van der Waals surface area contributed by atoms with Crippen molar-refractivity contribution in [2.45, 2.75) is 25.3 Å². The molecule has 21 heavy (non-hydrogen) atoms. The molecule has 2 rings (SSSR count). The summed E-state index contributed by atoms with van der Waals surface area (Å²) < 4.78 is 0. The van der Waals surface area contributed by atoms with Gasteiger partial charge in [-0.05, 0) is 57.6 Å². The maximum absolute atomic E-state index is 12.1. The third kappa shape index (κ3) is 5.15. The summed E-state index contributed by atoms with van der Waals surface area (Å²) in [6.45, 7) is 2.43. The van der Waals surface area contributed by atoms with Gasteiger partial charge < -0.3 is 10.6 Å². The smallest absolute Gasteiger partial charge is 0.238 e. The molecule has 0 radical (unpaired) electrons. The standard InChI is InChI=1S/C15H21Cl2N3O/c1-20(12-3-2-7-18-8-6-12)10-15(21)19-14-9-11(16)4-5-13(14)17/h4-5,9,12,18H,2-3,6-8,10H2,1H3,(H,19,21). The van der Waals surface area contributed by atoms with Crippen LogP contribution in [0.1, 0.15) is 19.3 Å². The Bertz CT molecular complexity index is 488. The van der Waals surface area contributed by atoms with Crippen LogP contribution in [-0.2, 0) is 4.79 Å². The van der Waals surface area contributed by atoms with E-state index < -0.39 is 0 Å². The molecule has 1 heterocycles. The van der Waals surface area contributed by atoms with Gasteiger partial charge in [-0.25, -0.2) is 0 Å². The summed E-state index contributed by atoms with van der Waals surface area (Å²) in [5.41, 5.74) is 0.560. The fourth-order valence-corrected chi connectivity index (χ4v) is 2.92. The van der Waals surface area contributed by atoms with E-state index in [1.54, 1.807) is 18.2 Å². The minimum Gasteiger partial charge on any atom is -0.324 e. The quantitative estimate of drug-likeness (QED) is 0.892. The van der Waals surface area contributed by atoms with Crippen molar-refractivity contribution in [3.63, 3.8) is 0 Å². The van der Waals surface area contributed by atoms with E-state index in [-0.39, 0.29) is 5.91 Å². The van der Waals surface area contributed by atoms with Gasteiger partial charge in [-0.1, -0.05) is 23.2 Å². The fourth-order valence-electron chi connectivity index (χ4n) is 2.58. The monoisotopic (exact) mass is 329 g/mol. The molecule has 2 N–H and O–H groups in total. The number of benzene rings is 1. The Kier molecular flexibility index (Phi) is 6.30. The lowest BCUT2D eigenvalue weighted by Gasteiger charge is -2.26. The number of halogens is 2. The molecule has 116 valence electrons. The van der Waals surface area contributed by atoms with Gasteiger partial charge in [0.15, 0.2) is 0 Å². The predicted molar refractivity (Wildman–Crippen MR) is 88.2 cm³/mol. The summed E-state index contributed by atoms with van der Waals surface area (Å²) in [4.78, 5) is 14.3. The SMILES string of the molecule is CN(CC(=O)Nc1cc(Cl)ccc1Cl)C1CCCNCC1. The lowest BCUT2D eigenvalue weighted by atomic mass is 10.1. The molecule has 0 bridgehead atoms. The minimum atomic E-state index is -0.0705. The highest BCUT2D eigenvalue weighted by Crippen LogP contribution is 2.25. The van der Waals surface area contributed by atoms with Gasteiger partial charge in [-0.3, -0.25) is 9.69 Å². The van der Waals surface area contributed by atoms with Crippen LogP contribution in [0, 0.1) is 0 Å². The summed E-state index contributed by atoms with van der Waals surface area (Å²) in [5.74, 6) is -0.0705. The zero-order valence-corrected chi connectivity index (χ0v) is 13.7. The molecule has 0 aromatic heterocycles. The van der Waals surface area contributed by atoms with Gasteiger partial charge in [-0.2, -0.15) is 0 Å². The molecular formula is C15H21Cl2N3O. The first-order chi connectivity index (χ1) is 10.1. The number of carbonyl (C=O) groups excluding carboxylic acids is 1. The Labute approximate surface area is 135 Å². The topological polar surface area (TPSA) is 44.4 Å². The van der Waals surface area contributed by atoms with Crippen molar-refractivity contribution < 1.29 is 4.79 Å². The van der Waals surface area contributed by atoms with Crippen molar-refractivity contribution in [3.8, 4) is 0 Å². The first kappa shape index (κ1) is 16.6. The van der Waals surface area contributed by atoms with Crippen LogP contribution in [0.25, 0.3) is 0 Å². The zero-order valence-electron chi connectivity index (χ0n) is 12.2. The van der Waals surface area contributed by atoms with Crippen LogP contribution >= 0.6 is 23.2 Å². The molecule has 1 atom stereocenters. The second kappa shape index (κ2) is 7.99. The molecule has 1 aliphatic heterocycles. The second-order valence-electron chi connectivity index (χ2n) is 5.42. The average molecular weight is 330 g/mol. The van der Waals surface area contributed by atoms with E-state index in [0.717, 1.165) is 32.4 Å². The first-order valence-electron chi connectivity index (χ1n) is 7.22. The highest BCUT2D eigenvalue weighted by molar-refractivity contribution is 6.35. The number of nitrogens with zero attached hydrogens (tertiary/aromatic N) is 1. The van der Waals surface area contributed by atoms with Crippen molar-refractivity contribution in [3.05, 3.63) is 28.2 Å². The third-order valence-corrected chi connectivity index (χ3v) is 4.33. The Morgan fingerprint density at radius 3 is 3.00 bits per heavy atom. The predicted octanol–water partition coefficient (Wildman–Crippen LogP) is 3.01. The van der Waals surface area contributed by atoms with Crippen molar-refractivity contribution in [2.75, 3.05) is 32.0 Å². The number of hydrogen-bond acceptors (Lipinski definition) is 3. The van der Waals surface area contributed by atoms with Crippen LogP contribution in [0.2, 0.25) is 10.0 Å². The molecule has 0 aliphatic carbocycles. The van der Waals surface area contributed by atoms with Crippen LogP contribution in [0.5, 0.6) is 0 Å². The fraction of sp³-hybridized carbons (Fsp3) is 0.533. The van der Waals surface area contributed by atoms with Gasteiger partial charge >= 0.3 is 0 Å². The molecular weight excluding hydrogens is 309 g/mol. The summed E-state index contributed by atoms with van der Waals surface area (Å²) >= 11 is 12.0. The Morgan fingerprint density at radius 1 is 1.38 bits per heavy atom. The molecule has 6 heteroatoms. The maximum atomic E-state index is 12.1. The lowest BCUT2D eigenvalue weighted by Crippen LogP contribution is -2.38. The largest absolute Gasteiger partial charge is 0.324 e. The van der Waals surface area contributed by atoms with Crippen LogP contribution < -0.4 is 10.6 Å². The summed E-state index contributed by atoms with van der Waals surface area (Å²) in [7, 11) is 2.00. The lowest BCUT2D eigenvalue weighted by molar-refractivity contribution is -0.117. The van der Waals surface area contributed by atoms with Crippen molar-refractivity contribution in [1.29, 1.82) is 0 Å². The average Bonchev–Trinajstić information content (AvgIpc) is 2.72. The van der Waals surface area contributed by atoms with E-state index in [9.17, 15) is 4.79 Å². The van der Waals surface area contributed by atoms with E-state index in [1.807, 2.05) is 7.05 Å². The number of hydrogen-bond donors (Lipinski definition) is 2. The molecule has 1 aromatic carbocycles. The summed E-state index contributed by atoms with van der Waals surface area (Å²) in [5, 5.41) is 7.25. The maximum Gasteiger partial charge on any atom is 0.238 e. The Morgan fingerprint density at radius 2 is 2.19 bits per heavy atom. The Hall–Kier alpha value is -0.810. The first-order valence-corrected chi connectivity index (χ1v) is 7.97. The number of anilines is 1. The highest BCUT2D eigenvalue weighted by Gasteiger charge is 2.19.